The first-order chi connectivity index (χ1) is 6.22. The summed E-state index contributed by atoms with van der Waals surface area (Å²) in [7, 11) is -1.56. The van der Waals surface area contributed by atoms with E-state index in [1.54, 1.807) is 0 Å². The Morgan fingerprint density at radius 3 is 2.14 bits per heavy atom. The molecule has 0 spiro atoms. The zero-order valence-electron chi connectivity index (χ0n) is 10.3. The molecule has 1 aliphatic carbocycles. The summed E-state index contributed by atoms with van der Waals surface area (Å²) in [5.74, 6) is 0. The van der Waals surface area contributed by atoms with Crippen LogP contribution in [0.1, 0.15) is 40.0 Å². The van der Waals surface area contributed by atoms with Crippen molar-refractivity contribution in [2.75, 3.05) is 0 Å². The minimum atomic E-state index is -1.56. The van der Waals surface area contributed by atoms with Crippen LogP contribution in [-0.2, 0) is 4.43 Å². The van der Waals surface area contributed by atoms with E-state index in [0.717, 1.165) is 19.3 Å². The molecule has 0 saturated heterocycles. The van der Waals surface area contributed by atoms with Gasteiger partial charge in [0.25, 0.3) is 0 Å². The van der Waals surface area contributed by atoms with E-state index in [1.807, 2.05) is 0 Å². The van der Waals surface area contributed by atoms with Crippen molar-refractivity contribution in [1.82, 2.24) is 0 Å². The van der Waals surface area contributed by atoms with Crippen molar-refractivity contribution in [1.29, 1.82) is 0 Å². The first-order valence-electron chi connectivity index (χ1n) is 5.66. The Bertz CT molecular complexity index is 198. The number of hydrogen-bond donors (Lipinski definition) is 1. The lowest BCUT2D eigenvalue weighted by Crippen LogP contribution is -2.43. The smallest absolute Gasteiger partial charge is 0.192 e. The minimum Gasteiger partial charge on any atom is -0.414 e. The largest absolute Gasteiger partial charge is 0.414 e. The summed E-state index contributed by atoms with van der Waals surface area (Å²) in [6.45, 7) is 11.5. The molecule has 14 heavy (non-hydrogen) atoms. The van der Waals surface area contributed by atoms with Crippen LogP contribution in [0.4, 0.5) is 0 Å². The third kappa shape index (κ3) is 2.81. The Morgan fingerprint density at radius 2 is 1.79 bits per heavy atom. The van der Waals surface area contributed by atoms with E-state index < -0.39 is 8.32 Å². The fraction of sp³-hybridized carbons (Fsp3) is 1.00. The van der Waals surface area contributed by atoms with E-state index in [0.29, 0.717) is 17.2 Å². The highest BCUT2D eigenvalue weighted by Crippen LogP contribution is 2.39. The molecule has 84 valence electrons. The van der Waals surface area contributed by atoms with Gasteiger partial charge in [-0.05, 0) is 37.4 Å². The van der Waals surface area contributed by atoms with Gasteiger partial charge >= 0.3 is 0 Å². The molecule has 2 nitrogen and oxygen atoms in total. The van der Waals surface area contributed by atoms with E-state index in [9.17, 15) is 0 Å². The van der Waals surface area contributed by atoms with Gasteiger partial charge in [0, 0.05) is 12.1 Å². The van der Waals surface area contributed by atoms with Crippen molar-refractivity contribution < 1.29 is 4.43 Å². The van der Waals surface area contributed by atoms with Crippen molar-refractivity contribution in [2.24, 2.45) is 5.73 Å². The lowest BCUT2D eigenvalue weighted by molar-refractivity contribution is 0.186. The Kier molecular flexibility index (Phi) is 3.44. The molecule has 1 rings (SSSR count). The first kappa shape index (κ1) is 12.2. The van der Waals surface area contributed by atoms with Crippen molar-refractivity contribution in [3.63, 3.8) is 0 Å². The van der Waals surface area contributed by atoms with Gasteiger partial charge in [-0.25, -0.2) is 0 Å². The van der Waals surface area contributed by atoms with Crippen molar-refractivity contribution >= 4 is 8.32 Å². The third-order valence-electron chi connectivity index (χ3n) is 3.69. The molecule has 0 bridgehead atoms. The number of rotatable bonds is 2. The normalized spacial score (nSPS) is 29.6. The molecule has 1 fully saturated rings. The Labute approximate surface area is 89.3 Å². The van der Waals surface area contributed by atoms with Crippen LogP contribution in [0.3, 0.4) is 0 Å². The van der Waals surface area contributed by atoms with Crippen LogP contribution in [-0.4, -0.2) is 20.5 Å². The van der Waals surface area contributed by atoms with Gasteiger partial charge in [-0.3, -0.25) is 0 Å². The molecule has 2 N–H and O–H groups in total. The molecule has 0 radical (unpaired) electrons. The summed E-state index contributed by atoms with van der Waals surface area (Å²) < 4.78 is 6.29. The van der Waals surface area contributed by atoms with E-state index in [4.69, 9.17) is 10.2 Å². The summed E-state index contributed by atoms with van der Waals surface area (Å²) in [6, 6.07) is 0.379. The van der Waals surface area contributed by atoms with E-state index in [-0.39, 0.29) is 0 Å². The summed E-state index contributed by atoms with van der Waals surface area (Å²) in [5, 5.41) is 0.319. The predicted molar refractivity (Wildman–Crippen MR) is 63.9 cm³/mol. The molecule has 1 saturated carbocycles. The molecule has 0 aromatic heterocycles. The highest BCUT2D eigenvalue weighted by atomic mass is 28.4. The Hall–Kier alpha value is 0.137. The Morgan fingerprint density at radius 1 is 1.21 bits per heavy atom. The zero-order chi connectivity index (χ0) is 11.0. The van der Waals surface area contributed by atoms with Crippen LogP contribution < -0.4 is 5.73 Å². The lowest BCUT2D eigenvalue weighted by atomic mass is 10.2. The van der Waals surface area contributed by atoms with Gasteiger partial charge in [-0.1, -0.05) is 20.8 Å². The molecule has 2 atom stereocenters. The van der Waals surface area contributed by atoms with Crippen LogP contribution >= 0.6 is 0 Å². The van der Waals surface area contributed by atoms with Gasteiger partial charge in [0.1, 0.15) is 0 Å². The maximum Gasteiger partial charge on any atom is 0.192 e. The molecule has 0 heterocycles. The number of nitrogens with two attached hydrogens (primary N) is 1. The monoisotopic (exact) mass is 215 g/mol. The van der Waals surface area contributed by atoms with Crippen molar-refractivity contribution in [3.8, 4) is 0 Å². The summed E-state index contributed by atoms with van der Waals surface area (Å²) in [4.78, 5) is 0. The molecule has 0 amide bonds. The van der Waals surface area contributed by atoms with Gasteiger partial charge in [0.2, 0.25) is 0 Å². The summed E-state index contributed by atoms with van der Waals surface area (Å²) >= 11 is 0. The van der Waals surface area contributed by atoms with Crippen LogP contribution in [0.5, 0.6) is 0 Å². The first-order valence-corrected chi connectivity index (χ1v) is 8.56. The van der Waals surface area contributed by atoms with Crippen LogP contribution in [0.25, 0.3) is 0 Å². The van der Waals surface area contributed by atoms with Gasteiger partial charge < -0.3 is 10.2 Å². The van der Waals surface area contributed by atoms with Gasteiger partial charge in [0.05, 0.1) is 0 Å². The number of hydrogen-bond acceptors (Lipinski definition) is 2. The van der Waals surface area contributed by atoms with Gasteiger partial charge in [0.15, 0.2) is 8.32 Å². The van der Waals surface area contributed by atoms with Crippen molar-refractivity contribution in [3.05, 3.63) is 0 Å². The molecule has 0 aromatic rings. The SMILES string of the molecule is CC(C)(C)[Si](C)(C)OC1CC[C@H](N)C1. The molecule has 1 unspecified atom stereocenters. The zero-order valence-corrected chi connectivity index (χ0v) is 11.3. The van der Waals surface area contributed by atoms with Crippen LogP contribution in [0.2, 0.25) is 18.1 Å². The topological polar surface area (TPSA) is 35.2 Å². The predicted octanol–water partition coefficient (Wildman–Crippen LogP) is 2.89. The molecule has 3 heteroatoms. The maximum atomic E-state index is 6.29. The molecule has 0 aromatic carbocycles. The van der Waals surface area contributed by atoms with E-state index in [1.165, 1.54) is 0 Å². The summed E-state index contributed by atoms with van der Waals surface area (Å²) in [6.07, 6.45) is 3.80. The Balaban J connectivity index is 2.51. The van der Waals surface area contributed by atoms with Crippen molar-refractivity contribution in [2.45, 2.75) is 70.3 Å². The molecular formula is C11H25NOSi. The standard InChI is InChI=1S/C11H25NOSi/c1-11(2,3)14(4,5)13-10-7-6-9(12)8-10/h9-10H,6-8,12H2,1-5H3/t9-,10?/m0/s1. The second-order valence-electron chi connectivity index (χ2n) is 6.07. The highest BCUT2D eigenvalue weighted by Gasteiger charge is 2.40. The molecule has 1 aliphatic rings. The average Bonchev–Trinajstić information content (AvgIpc) is 2.31. The quantitative estimate of drug-likeness (QED) is 0.719. The van der Waals surface area contributed by atoms with Gasteiger partial charge in [-0.2, -0.15) is 0 Å². The fourth-order valence-electron chi connectivity index (χ4n) is 1.67. The van der Waals surface area contributed by atoms with Crippen LogP contribution in [0.15, 0.2) is 0 Å². The maximum absolute atomic E-state index is 6.29. The molecule has 0 aliphatic heterocycles. The van der Waals surface area contributed by atoms with E-state index >= 15 is 0 Å². The molecular weight excluding hydrogens is 190 g/mol. The average molecular weight is 215 g/mol. The minimum absolute atomic E-state index is 0.319. The highest BCUT2D eigenvalue weighted by molar-refractivity contribution is 6.74. The van der Waals surface area contributed by atoms with Gasteiger partial charge in [-0.15, -0.1) is 0 Å². The van der Waals surface area contributed by atoms with Crippen LogP contribution in [0, 0.1) is 0 Å². The lowest BCUT2D eigenvalue weighted by Gasteiger charge is -2.38. The third-order valence-corrected chi connectivity index (χ3v) is 8.23. The second kappa shape index (κ2) is 3.95. The second-order valence-corrected chi connectivity index (χ2v) is 10.8. The summed E-state index contributed by atoms with van der Waals surface area (Å²) in [5.41, 5.74) is 5.89. The fourth-order valence-corrected chi connectivity index (χ4v) is 3.07. The van der Waals surface area contributed by atoms with E-state index in [2.05, 4.69) is 33.9 Å².